The summed E-state index contributed by atoms with van der Waals surface area (Å²) in [5, 5.41) is 12.4. The van der Waals surface area contributed by atoms with E-state index < -0.39 is 64.0 Å². The lowest BCUT2D eigenvalue weighted by Crippen LogP contribution is -2.89. The molecule has 1 fully saturated rings. The molecule has 15 heteroatoms. The fourth-order valence-corrected chi connectivity index (χ4v) is 4.62. The van der Waals surface area contributed by atoms with Gasteiger partial charge >= 0.3 is 6.03 Å². The fourth-order valence-electron chi connectivity index (χ4n) is 4.30. The fraction of sp³-hybridized carbons (Fsp3) is 0.667. The second-order valence-electron chi connectivity index (χ2n) is 12.3. The third-order valence-electron chi connectivity index (χ3n) is 6.74. The molecule has 4 atom stereocenters. The van der Waals surface area contributed by atoms with Gasteiger partial charge < -0.3 is 31.5 Å². The summed E-state index contributed by atoms with van der Waals surface area (Å²) in [6.07, 6.45) is 2.28. The van der Waals surface area contributed by atoms with Crippen LogP contribution in [0.2, 0.25) is 0 Å². The minimum atomic E-state index is -2.42. The van der Waals surface area contributed by atoms with Crippen LogP contribution in [-0.2, 0) is 34.7 Å². The lowest BCUT2D eigenvalue weighted by atomic mass is 9.85. The van der Waals surface area contributed by atoms with Crippen LogP contribution in [-0.4, -0.2) is 89.8 Å². The van der Waals surface area contributed by atoms with Gasteiger partial charge in [-0.15, -0.1) is 11.3 Å². The van der Waals surface area contributed by atoms with Gasteiger partial charge in [0.1, 0.15) is 12.1 Å². The van der Waals surface area contributed by atoms with Crippen molar-refractivity contribution in [3.63, 3.8) is 0 Å². The molecular formula is C27H49N7O7S+2. The first-order chi connectivity index (χ1) is 19.4. The molecule has 14 nitrogen and oxygen atoms in total. The smallest absolute Gasteiger partial charge is 0.315 e. The van der Waals surface area contributed by atoms with E-state index >= 15 is 0 Å². The number of nitrogens with zero attached hydrogens (tertiary/aromatic N) is 1. The van der Waals surface area contributed by atoms with Crippen molar-refractivity contribution < 1.29 is 38.1 Å². The molecule has 0 aromatic rings. The summed E-state index contributed by atoms with van der Waals surface area (Å²) in [4.78, 5) is 65.5. The molecule has 0 bridgehead atoms. The zero-order valence-corrected chi connectivity index (χ0v) is 26.4. The minimum Gasteiger partial charge on any atom is -0.346 e. The van der Waals surface area contributed by atoms with Crippen molar-refractivity contribution in [2.45, 2.75) is 72.5 Å². The lowest BCUT2D eigenvalue weighted by Gasteiger charge is -2.36. The average Bonchev–Trinajstić information content (AvgIpc) is 3.37. The number of urea groups is 1. The van der Waals surface area contributed by atoms with E-state index in [1.165, 1.54) is 11.0 Å². The Balaban J connectivity index is 2.94. The Labute approximate surface area is 250 Å². The summed E-state index contributed by atoms with van der Waals surface area (Å²) in [7, 11) is 0. The Morgan fingerprint density at radius 3 is 2.29 bits per heavy atom. The van der Waals surface area contributed by atoms with Gasteiger partial charge in [-0.2, -0.15) is 4.55 Å². The molecule has 0 radical (unpaired) electrons. The molecule has 0 spiro atoms. The van der Waals surface area contributed by atoms with E-state index in [0.717, 1.165) is 0 Å². The number of nitrogens with two attached hydrogens (primary N) is 1. The second-order valence-corrected chi connectivity index (χ2v) is 13.2. The molecule has 5 amide bonds. The zero-order chi connectivity index (χ0) is 32.3. The predicted molar refractivity (Wildman–Crippen MR) is 160 cm³/mol. The average molecular weight is 616 g/mol. The van der Waals surface area contributed by atoms with Gasteiger partial charge in [-0.25, -0.2) is 4.79 Å². The molecule has 1 unspecified atom stereocenters. The molecule has 1 aliphatic heterocycles. The van der Waals surface area contributed by atoms with Crippen molar-refractivity contribution in [1.29, 1.82) is 0 Å². The number of carbonyl (C=O) groups is 5. The van der Waals surface area contributed by atoms with Crippen LogP contribution in [0, 0.1) is 10.8 Å². The van der Waals surface area contributed by atoms with Crippen LogP contribution < -0.4 is 31.3 Å². The predicted octanol–water partition coefficient (Wildman–Crippen LogP) is -1.16. The summed E-state index contributed by atoms with van der Waals surface area (Å²) < 4.78 is 22.1. The van der Waals surface area contributed by atoms with Crippen LogP contribution >= 0.6 is 0 Å². The number of amides is 5. The van der Waals surface area contributed by atoms with E-state index in [0.29, 0.717) is 32.5 Å². The number of likely N-dealkylation sites (tertiary alicyclic amines) is 1. The van der Waals surface area contributed by atoms with Crippen molar-refractivity contribution >= 4 is 40.8 Å². The lowest BCUT2D eigenvalue weighted by molar-refractivity contribution is -0.656. The highest BCUT2D eigenvalue weighted by Crippen LogP contribution is 2.26. The number of hydrogen-bond acceptors (Lipinski definition) is 6. The molecule has 1 saturated heterocycles. The molecule has 1 aliphatic rings. The van der Waals surface area contributed by atoms with E-state index in [4.69, 9.17) is 4.55 Å². The van der Waals surface area contributed by atoms with Gasteiger partial charge in [0.25, 0.3) is 23.0 Å². The standard InChI is InChI=1S/C27H47N7O7S/c1-9-12-29-23(37)20(35)17(2)31-22(36)18-11-10-15-34(18)24(38)21(27(6,7)8)33-25(39)32-19(26(3,4)5)16-28-13-14-30-42(40)41/h9,18-19,21,28H,1-2,10-16H2,3-8H3,(H,29,37)(H,31,36)(H2,30,40,41)(H2,32,33,39)/p+2/t18-,19+,21+/m0/s1. The number of thiol groups is 1. The van der Waals surface area contributed by atoms with E-state index in [1.807, 2.05) is 26.1 Å². The molecule has 1 heterocycles. The van der Waals surface area contributed by atoms with Crippen LogP contribution in [0.15, 0.2) is 24.9 Å². The summed E-state index contributed by atoms with van der Waals surface area (Å²) in [6.45, 7) is 20.0. The van der Waals surface area contributed by atoms with Crippen LogP contribution in [0.4, 0.5) is 4.79 Å². The summed E-state index contributed by atoms with van der Waals surface area (Å²) >= 11 is -2.42. The third-order valence-corrected chi connectivity index (χ3v) is 7.23. The molecule has 42 heavy (non-hydrogen) atoms. The van der Waals surface area contributed by atoms with Crippen molar-refractivity contribution in [1.82, 2.24) is 30.9 Å². The molecule has 0 saturated carbocycles. The number of ketones is 1. The maximum absolute atomic E-state index is 13.8. The third kappa shape index (κ3) is 12.0. The van der Waals surface area contributed by atoms with Gasteiger partial charge in [0, 0.05) is 13.1 Å². The zero-order valence-electron chi connectivity index (χ0n) is 25.5. The van der Waals surface area contributed by atoms with Crippen molar-refractivity contribution in [3.8, 4) is 0 Å². The van der Waals surface area contributed by atoms with Crippen molar-refractivity contribution in [3.05, 3.63) is 24.9 Å². The van der Waals surface area contributed by atoms with Crippen LogP contribution in [0.1, 0.15) is 54.4 Å². The Hall–Kier alpha value is -3.14. The number of Topliss-reactive ketones (excluding diaryl/α,β-unsaturated/α-hetero) is 1. The summed E-state index contributed by atoms with van der Waals surface area (Å²) in [5.41, 5.74) is -1.45. The van der Waals surface area contributed by atoms with E-state index in [-0.39, 0.29) is 24.5 Å². The molecular weight excluding hydrogens is 566 g/mol. The number of hydrogen-bond donors (Lipinski definition) is 7. The van der Waals surface area contributed by atoms with Gasteiger partial charge in [-0.3, -0.25) is 19.2 Å². The van der Waals surface area contributed by atoms with Crippen LogP contribution in [0.5, 0.6) is 0 Å². The molecule has 0 aromatic heterocycles. The minimum absolute atomic E-state index is 0.0753. The SMILES string of the molecule is C=CCNC(=O)C(=O)C(=C)NC(=O)[C@@H]1CCCN1C(=O)[C@@H](NC(=O)N[C@H](C[NH2+]CCN[SH+](=O)O)C(C)(C)C)C(C)(C)C. The first kappa shape index (κ1) is 36.9. The maximum atomic E-state index is 13.8. The van der Waals surface area contributed by atoms with Crippen molar-refractivity contribution in [2.24, 2.45) is 10.8 Å². The first-order valence-corrected chi connectivity index (χ1v) is 15.1. The highest BCUT2D eigenvalue weighted by Gasteiger charge is 2.42. The Morgan fingerprint density at radius 1 is 1.10 bits per heavy atom. The summed E-state index contributed by atoms with van der Waals surface area (Å²) in [6, 6.07) is -2.73. The Kier molecular flexibility index (Phi) is 14.5. The van der Waals surface area contributed by atoms with E-state index in [1.54, 1.807) is 20.8 Å². The van der Waals surface area contributed by atoms with Crippen LogP contribution in [0.25, 0.3) is 0 Å². The normalized spacial score (nSPS) is 17.4. The molecule has 1 rings (SSSR count). The van der Waals surface area contributed by atoms with E-state index in [2.05, 4.69) is 39.1 Å². The number of quaternary nitrogens is 1. The van der Waals surface area contributed by atoms with Crippen molar-refractivity contribution in [2.75, 3.05) is 32.7 Å². The highest BCUT2D eigenvalue weighted by molar-refractivity contribution is 7.77. The number of carbonyl (C=O) groups excluding carboxylic acids is 5. The topological polar surface area (TPSA) is 203 Å². The number of rotatable bonds is 15. The van der Waals surface area contributed by atoms with Gasteiger partial charge in [-0.1, -0.05) is 54.2 Å². The Bertz CT molecular complexity index is 1050. The summed E-state index contributed by atoms with van der Waals surface area (Å²) in [5.74, 6) is -3.03. The molecule has 0 aromatic carbocycles. The Morgan fingerprint density at radius 2 is 1.74 bits per heavy atom. The molecule has 8 N–H and O–H groups in total. The van der Waals surface area contributed by atoms with Gasteiger partial charge in [-0.05, 0) is 27.9 Å². The second kappa shape index (κ2) is 16.5. The largest absolute Gasteiger partial charge is 0.346 e. The molecule has 238 valence electrons. The van der Waals surface area contributed by atoms with Gasteiger partial charge in [0.2, 0.25) is 11.8 Å². The van der Waals surface area contributed by atoms with Crippen LogP contribution in [0.3, 0.4) is 0 Å². The van der Waals surface area contributed by atoms with Gasteiger partial charge in [0.05, 0.1) is 31.4 Å². The quantitative estimate of drug-likeness (QED) is 0.0301. The first-order valence-electron chi connectivity index (χ1n) is 13.9. The van der Waals surface area contributed by atoms with E-state index in [9.17, 15) is 28.2 Å². The van der Waals surface area contributed by atoms with Gasteiger partial charge in [0.15, 0.2) is 0 Å². The highest BCUT2D eigenvalue weighted by atomic mass is 32.2. The maximum Gasteiger partial charge on any atom is 0.315 e. The molecule has 0 aliphatic carbocycles. The number of nitrogens with one attached hydrogen (secondary N) is 5. The monoisotopic (exact) mass is 615 g/mol.